The third-order valence-corrected chi connectivity index (χ3v) is 3.47. The van der Waals surface area contributed by atoms with Crippen LogP contribution in [0.15, 0.2) is 0 Å². The molecule has 0 heterocycles. The average Bonchev–Trinajstić information content (AvgIpc) is 2.80. The van der Waals surface area contributed by atoms with Crippen LogP contribution in [0.3, 0.4) is 0 Å². The largest absolute Gasteiger partial charge is 0.444 e. The Hall–Kier alpha value is -1.06. The van der Waals surface area contributed by atoms with Crippen LogP contribution in [0.25, 0.3) is 0 Å². The van der Waals surface area contributed by atoms with Crippen molar-refractivity contribution in [1.29, 1.82) is 0 Å². The normalized spacial score (nSPS) is 18.1. The van der Waals surface area contributed by atoms with Crippen LogP contribution >= 0.6 is 0 Å². The van der Waals surface area contributed by atoms with Crippen LogP contribution in [0.4, 0.5) is 4.79 Å². The summed E-state index contributed by atoms with van der Waals surface area (Å²) >= 11 is 0. The first kappa shape index (κ1) is 16.0. The minimum absolute atomic E-state index is 0.302. The summed E-state index contributed by atoms with van der Waals surface area (Å²) in [6, 6.07) is -0.322. The third kappa shape index (κ3) is 4.84. The minimum atomic E-state index is -0.522. The summed E-state index contributed by atoms with van der Waals surface area (Å²) in [4.78, 5) is 25.3. The van der Waals surface area contributed by atoms with Crippen molar-refractivity contribution < 1.29 is 14.3 Å². The molecule has 0 aromatic carbocycles. The molecule has 0 aromatic rings. The topological polar surface area (TPSA) is 46.6 Å². The van der Waals surface area contributed by atoms with Crippen molar-refractivity contribution in [2.75, 3.05) is 6.54 Å². The zero-order chi connectivity index (χ0) is 14.5. The number of amides is 1. The van der Waals surface area contributed by atoms with Crippen molar-refractivity contribution >= 4 is 12.4 Å². The van der Waals surface area contributed by atoms with Gasteiger partial charge in [0.05, 0.1) is 6.04 Å². The summed E-state index contributed by atoms with van der Waals surface area (Å²) in [6.45, 7) is 8.13. The fraction of sp³-hybridized carbons (Fsp3) is 0.867. The predicted octanol–water partition coefficient (Wildman–Crippen LogP) is 3.39. The molecule has 0 bridgehead atoms. The fourth-order valence-electron chi connectivity index (χ4n) is 2.66. The van der Waals surface area contributed by atoms with Crippen molar-refractivity contribution in [1.82, 2.24) is 4.90 Å². The zero-order valence-corrected chi connectivity index (χ0v) is 12.6. The third-order valence-electron chi connectivity index (χ3n) is 3.47. The van der Waals surface area contributed by atoms with E-state index in [0.717, 1.165) is 38.4 Å². The number of hydrogen-bond donors (Lipinski definition) is 0. The number of ether oxygens (including phenoxy) is 1. The highest BCUT2D eigenvalue weighted by atomic mass is 16.6. The molecule has 0 aliphatic heterocycles. The van der Waals surface area contributed by atoms with Gasteiger partial charge in [0, 0.05) is 6.54 Å². The molecule has 4 nitrogen and oxygen atoms in total. The maximum Gasteiger partial charge on any atom is 0.410 e. The van der Waals surface area contributed by atoms with E-state index in [1.165, 1.54) is 0 Å². The monoisotopic (exact) mass is 269 g/mol. The lowest BCUT2D eigenvalue weighted by Gasteiger charge is -2.33. The SMILES string of the molecule is CCCN(C(=O)OC(C)(C)C)C(C=O)C1CCCC1. The highest BCUT2D eigenvalue weighted by Crippen LogP contribution is 2.30. The highest BCUT2D eigenvalue weighted by molar-refractivity contribution is 5.74. The summed E-state index contributed by atoms with van der Waals surface area (Å²) in [5, 5.41) is 0. The first-order chi connectivity index (χ1) is 8.89. The molecule has 110 valence electrons. The molecule has 4 heteroatoms. The number of rotatable bonds is 5. The van der Waals surface area contributed by atoms with Crippen molar-refractivity contribution in [2.24, 2.45) is 5.92 Å². The Bertz CT molecular complexity index is 303. The molecule has 1 amide bonds. The van der Waals surface area contributed by atoms with Gasteiger partial charge >= 0.3 is 6.09 Å². The van der Waals surface area contributed by atoms with E-state index >= 15 is 0 Å². The number of aldehydes is 1. The molecule has 1 saturated carbocycles. The van der Waals surface area contributed by atoms with E-state index < -0.39 is 5.60 Å². The van der Waals surface area contributed by atoms with E-state index in [-0.39, 0.29) is 12.1 Å². The lowest BCUT2D eigenvalue weighted by atomic mass is 9.98. The first-order valence-corrected chi connectivity index (χ1v) is 7.34. The van der Waals surface area contributed by atoms with Crippen LogP contribution in [0.5, 0.6) is 0 Å². The van der Waals surface area contributed by atoms with Crippen LogP contribution in [0, 0.1) is 5.92 Å². The smallest absolute Gasteiger partial charge is 0.410 e. The Labute approximate surface area is 116 Å². The molecular weight excluding hydrogens is 242 g/mol. The Balaban J connectivity index is 2.78. The van der Waals surface area contributed by atoms with Crippen molar-refractivity contribution in [3.63, 3.8) is 0 Å². The Morgan fingerprint density at radius 1 is 1.37 bits per heavy atom. The van der Waals surface area contributed by atoms with E-state index in [0.29, 0.717) is 12.5 Å². The molecule has 0 aromatic heterocycles. The lowest BCUT2D eigenvalue weighted by molar-refractivity contribution is -0.114. The second kappa shape index (κ2) is 6.92. The molecule has 1 rings (SSSR count). The van der Waals surface area contributed by atoms with Gasteiger partial charge in [0.15, 0.2) is 0 Å². The van der Waals surface area contributed by atoms with Crippen molar-refractivity contribution in [2.45, 2.75) is 71.4 Å². The van der Waals surface area contributed by atoms with Gasteiger partial charge in [-0.15, -0.1) is 0 Å². The Kier molecular flexibility index (Phi) is 5.83. The van der Waals surface area contributed by atoms with E-state index in [9.17, 15) is 9.59 Å². The molecule has 1 atom stereocenters. The van der Waals surface area contributed by atoms with Gasteiger partial charge in [-0.3, -0.25) is 4.90 Å². The van der Waals surface area contributed by atoms with E-state index in [2.05, 4.69) is 0 Å². The van der Waals surface area contributed by atoms with Crippen LogP contribution in [0.1, 0.15) is 59.8 Å². The summed E-state index contributed by atoms with van der Waals surface area (Å²) in [5.41, 5.74) is -0.522. The maximum atomic E-state index is 12.3. The number of hydrogen-bond acceptors (Lipinski definition) is 3. The quantitative estimate of drug-likeness (QED) is 0.719. The van der Waals surface area contributed by atoms with Crippen LogP contribution < -0.4 is 0 Å². The standard InChI is InChI=1S/C15H27NO3/c1-5-10-16(14(18)19-15(2,3)4)13(11-17)12-8-6-7-9-12/h11-13H,5-10H2,1-4H3. The van der Waals surface area contributed by atoms with Gasteiger partial charge in [0.25, 0.3) is 0 Å². The molecule has 0 N–H and O–H groups in total. The molecule has 19 heavy (non-hydrogen) atoms. The number of carbonyl (C=O) groups excluding carboxylic acids is 2. The average molecular weight is 269 g/mol. The molecule has 1 aliphatic rings. The molecule has 1 aliphatic carbocycles. The highest BCUT2D eigenvalue weighted by Gasteiger charge is 2.34. The second-order valence-electron chi connectivity index (χ2n) is 6.34. The molecule has 0 saturated heterocycles. The summed E-state index contributed by atoms with van der Waals surface area (Å²) in [7, 11) is 0. The number of nitrogens with zero attached hydrogens (tertiary/aromatic N) is 1. The first-order valence-electron chi connectivity index (χ1n) is 7.34. The molecule has 1 fully saturated rings. The summed E-state index contributed by atoms with van der Waals surface area (Å²) in [6.07, 6.45) is 5.77. The van der Waals surface area contributed by atoms with Crippen molar-refractivity contribution in [3.8, 4) is 0 Å². The van der Waals surface area contributed by atoms with E-state index in [4.69, 9.17) is 4.74 Å². The van der Waals surface area contributed by atoms with Crippen LogP contribution in [-0.4, -0.2) is 35.5 Å². The fourth-order valence-corrected chi connectivity index (χ4v) is 2.66. The Morgan fingerprint density at radius 3 is 2.37 bits per heavy atom. The molecule has 1 unspecified atom stereocenters. The van der Waals surface area contributed by atoms with Gasteiger partial charge in [-0.25, -0.2) is 4.79 Å². The second-order valence-corrected chi connectivity index (χ2v) is 6.34. The molecular formula is C15H27NO3. The zero-order valence-electron chi connectivity index (χ0n) is 12.6. The van der Waals surface area contributed by atoms with Gasteiger partial charge in [0.1, 0.15) is 11.9 Å². The van der Waals surface area contributed by atoms with Gasteiger partial charge in [0.2, 0.25) is 0 Å². The van der Waals surface area contributed by atoms with E-state index in [1.54, 1.807) is 4.90 Å². The van der Waals surface area contributed by atoms with Gasteiger partial charge in [-0.2, -0.15) is 0 Å². The lowest BCUT2D eigenvalue weighted by Crippen LogP contribution is -2.47. The maximum absolute atomic E-state index is 12.3. The molecule has 0 radical (unpaired) electrons. The van der Waals surface area contributed by atoms with Crippen molar-refractivity contribution in [3.05, 3.63) is 0 Å². The summed E-state index contributed by atoms with van der Waals surface area (Å²) in [5.74, 6) is 0.302. The van der Waals surface area contributed by atoms with Gasteiger partial charge in [-0.1, -0.05) is 19.8 Å². The Morgan fingerprint density at radius 2 is 1.95 bits per heavy atom. The minimum Gasteiger partial charge on any atom is -0.444 e. The summed E-state index contributed by atoms with van der Waals surface area (Å²) < 4.78 is 5.42. The van der Waals surface area contributed by atoms with Gasteiger partial charge in [-0.05, 0) is 46.0 Å². The molecule has 0 spiro atoms. The van der Waals surface area contributed by atoms with Crippen LogP contribution in [-0.2, 0) is 9.53 Å². The van der Waals surface area contributed by atoms with Gasteiger partial charge < -0.3 is 9.53 Å². The number of carbonyl (C=O) groups is 2. The van der Waals surface area contributed by atoms with E-state index in [1.807, 2.05) is 27.7 Å². The predicted molar refractivity (Wildman–Crippen MR) is 75.0 cm³/mol. The van der Waals surface area contributed by atoms with Crippen LogP contribution in [0.2, 0.25) is 0 Å².